The lowest BCUT2D eigenvalue weighted by atomic mass is 10.1. The van der Waals surface area contributed by atoms with Gasteiger partial charge in [0.05, 0.1) is 24.7 Å². The molecule has 21 heavy (non-hydrogen) atoms. The molecule has 1 aromatic carbocycles. The van der Waals surface area contributed by atoms with Crippen LogP contribution in [0.3, 0.4) is 0 Å². The summed E-state index contributed by atoms with van der Waals surface area (Å²) >= 11 is 0. The Balaban J connectivity index is 2.42. The predicted octanol–water partition coefficient (Wildman–Crippen LogP) is 2.14. The van der Waals surface area contributed by atoms with Crippen LogP contribution in [0, 0.1) is 18.3 Å². The van der Waals surface area contributed by atoms with E-state index in [0.29, 0.717) is 12.2 Å². The summed E-state index contributed by atoms with van der Waals surface area (Å²) in [4.78, 5) is 7.10. The second kappa shape index (κ2) is 6.44. The van der Waals surface area contributed by atoms with Crippen molar-refractivity contribution in [3.8, 4) is 17.3 Å². The number of hydrogen-bond acceptors (Lipinski definition) is 4. The SMILES string of the molecule is Cc1c(N(C)CN(C)CO)[nH]c(-c2ccccc2)c1C#N. The second-order valence-electron chi connectivity index (χ2n) is 5.16. The lowest BCUT2D eigenvalue weighted by molar-refractivity contribution is 0.134. The third kappa shape index (κ3) is 3.07. The van der Waals surface area contributed by atoms with E-state index in [2.05, 4.69) is 11.1 Å². The first-order valence-electron chi connectivity index (χ1n) is 6.77. The van der Waals surface area contributed by atoms with Crippen molar-refractivity contribution in [3.05, 3.63) is 41.5 Å². The molecule has 110 valence electrons. The normalized spacial score (nSPS) is 10.7. The van der Waals surface area contributed by atoms with Crippen LogP contribution in [0.1, 0.15) is 11.1 Å². The van der Waals surface area contributed by atoms with E-state index in [1.807, 2.05) is 56.3 Å². The molecule has 0 spiro atoms. The minimum atomic E-state index is -0.0131. The van der Waals surface area contributed by atoms with Crippen LogP contribution in [0.15, 0.2) is 30.3 Å². The van der Waals surface area contributed by atoms with Crippen LogP contribution in [-0.4, -0.2) is 42.5 Å². The Bertz CT molecular complexity index is 642. The number of aliphatic hydroxyl groups is 1. The van der Waals surface area contributed by atoms with Crippen molar-refractivity contribution in [2.24, 2.45) is 0 Å². The summed E-state index contributed by atoms with van der Waals surface area (Å²) in [7, 11) is 3.76. The maximum atomic E-state index is 9.44. The molecular formula is C16H20N4O. The van der Waals surface area contributed by atoms with Crippen molar-refractivity contribution in [2.75, 3.05) is 32.4 Å². The van der Waals surface area contributed by atoms with E-state index in [1.165, 1.54) is 0 Å². The van der Waals surface area contributed by atoms with Crippen molar-refractivity contribution in [1.82, 2.24) is 9.88 Å². The first-order chi connectivity index (χ1) is 10.1. The highest BCUT2D eigenvalue weighted by molar-refractivity contribution is 5.74. The van der Waals surface area contributed by atoms with Crippen molar-refractivity contribution in [2.45, 2.75) is 6.92 Å². The molecule has 2 aromatic rings. The van der Waals surface area contributed by atoms with Gasteiger partial charge in [-0.3, -0.25) is 4.90 Å². The topological polar surface area (TPSA) is 66.3 Å². The Labute approximate surface area is 125 Å². The third-order valence-corrected chi connectivity index (χ3v) is 3.47. The number of aromatic amines is 1. The number of nitrogens with one attached hydrogen (secondary N) is 1. The fourth-order valence-corrected chi connectivity index (χ4v) is 2.40. The summed E-state index contributed by atoms with van der Waals surface area (Å²) in [5, 5.41) is 18.6. The molecule has 2 N–H and O–H groups in total. The molecule has 2 rings (SSSR count). The highest BCUT2D eigenvalue weighted by Crippen LogP contribution is 2.31. The molecule has 0 aliphatic heterocycles. The molecular weight excluding hydrogens is 264 g/mol. The summed E-state index contributed by atoms with van der Waals surface area (Å²) in [6.07, 6.45) is 0. The zero-order valence-electron chi connectivity index (χ0n) is 12.6. The molecule has 0 atom stereocenters. The maximum Gasteiger partial charge on any atom is 0.111 e. The summed E-state index contributed by atoms with van der Waals surface area (Å²) in [5.74, 6) is 0.894. The number of hydrogen-bond donors (Lipinski definition) is 2. The molecule has 1 aromatic heterocycles. The van der Waals surface area contributed by atoms with Crippen molar-refractivity contribution in [1.29, 1.82) is 5.26 Å². The van der Waals surface area contributed by atoms with E-state index in [0.717, 1.165) is 22.6 Å². The molecule has 0 fully saturated rings. The lowest BCUT2D eigenvalue weighted by Crippen LogP contribution is -2.33. The average Bonchev–Trinajstić information content (AvgIpc) is 2.84. The number of benzene rings is 1. The fourth-order valence-electron chi connectivity index (χ4n) is 2.40. The molecule has 0 amide bonds. The largest absolute Gasteiger partial charge is 0.381 e. The number of nitrogens with zero attached hydrogens (tertiary/aromatic N) is 3. The van der Waals surface area contributed by atoms with Gasteiger partial charge in [-0.25, -0.2) is 0 Å². The maximum absolute atomic E-state index is 9.44. The standard InChI is InChI=1S/C16H20N4O/c1-12-14(9-17)15(13-7-5-4-6-8-13)18-16(12)20(3)10-19(2)11-21/h4-8,18,21H,10-11H2,1-3H3. The number of aliphatic hydroxyl groups excluding tert-OH is 1. The number of nitriles is 1. The van der Waals surface area contributed by atoms with Crippen LogP contribution in [0.25, 0.3) is 11.3 Å². The van der Waals surface area contributed by atoms with Gasteiger partial charge in [0, 0.05) is 12.6 Å². The van der Waals surface area contributed by atoms with E-state index in [9.17, 15) is 5.26 Å². The number of rotatable bonds is 5. The molecule has 0 aliphatic rings. The molecule has 0 saturated carbocycles. The number of aromatic nitrogens is 1. The van der Waals surface area contributed by atoms with Gasteiger partial charge in [0.25, 0.3) is 0 Å². The van der Waals surface area contributed by atoms with Gasteiger partial charge in [-0.05, 0) is 19.5 Å². The van der Waals surface area contributed by atoms with E-state index >= 15 is 0 Å². The molecule has 5 heteroatoms. The zero-order chi connectivity index (χ0) is 15.4. The Kier molecular flexibility index (Phi) is 4.63. The van der Waals surface area contributed by atoms with Gasteiger partial charge in [-0.15, -0.1) is 0 Å². The molecule has 5 nitrogen and oxygen atoms in total. The average molecular weight is 284 g/mol. The fraction of sp³-hybridized carbons (Fsp3) is 0.312. The van der Waals surface area contributed by atoms with E-state index in [1.54, 1.807) is 4.90 Å². The predicted molar refractivity (Wildman–Crippen MR) is 83.8 cm³/mol. The lowest BCUT2D eigenvalue weighted by Gasteiger charge is -2.24. The highest BCUT2D eigenvalue weighted by Gasteiger charge is 2.18. The zero-order valence-corrected chi connectivity index (χ0v) is 12.6. The van der Waals surface area contributed by atoms with Gasteiger partial charge in [-0.2, -0.15) is 5.26 Å². The van der Waals surface area contributed by atoms with Gasteiger partial charge in [0.15, 0.2) is 0 Å². The van der Waals surface area contributed by atoms with Crippen molar-refractivity contribution >= 4 is 5.82 Å². The third-order valence-electron chi connectivity index (χ3n) is 3.47. The van der Waals surface area contributed by atoms with E-state index in [-0.39, 0.29) is 6.73 Å². The van der Waals surface area contributed by atoms with E-state index < -0.39 is 0 Å². The quantitative estimate of drug-likeness (QED) is 0.826. The molecule has 1 heterocycles. The highest BCUT2D eigenvalue weighted by atomic mass is 16.3. The summed E-state index contributed by atoms with van der Waals surface area (Å²) in [5.41, 5.74) is 3.41. The Morgan fingerprint density at radius 3 is 2.48 bits per heavy atom. The second-order valence-corrected chi connectivity index (χ2v) is 5.16. The molecule has 0 bridgehead atoms. The van der Waals surface area contributed by atoms with Crippen LogP contribution in [0.5, 0.6) is 0 Å². The van der Waals surface area contributed by atoms with Crippen LogP contribution < -0.4 is 4.90 Å². The van der Waals surface area contributed by atoms with Crippen LogP contribution in [0.4, 0.5) is 5.82 Å². The minimum absolute atomic E-state index is 0.0131. The van der Waals surface area contributed by atoms with Crippen LogP contribution in [-0.2, 0) is 0 Å². The summed E-state index contributed by atoms with van der Waals surface area (Å²) in [6, 6.07) is 12.1. The van der Waals surface area contributed by atoms with Gasteiger partial charge in [-0.1, -0.05) is 30.3 Å². The molecule has 0 radical (unpaired) electrons. The van der Waals surface area contributed by atoms with Crippen molar-refractivity contribution in [3.63, 3.8) is 0 Å². The Morgan fingerprint density at radius 1 is 1.24 bits per heavy atom. The first-order valence-corrected chi connectivity index (χ1v) is 6.77. The van der Waals surface area contributed by atoms with E-state index in [4.69, 9.17) is 5.11 Å². The monoisotopic (exact) mass is 284 g/mol. The number of anilines is 1. The van der Waals surface area contributed by atoms with Crippen molar-refractivity contribution < 1.29 is 5.11 Å². The van der Waals surface area contributed by atoms with Crippen LogP contribution in [0.2, 0.25) is 0 Å². The van der Waals surface area contributed by atoms with Gasteiger partial charge in [0.2, 0.25) is 0 Å². The molecule has 0 unspecified atom stereocenters. The summed E-state index contributed by atoms with van der Waals surface area (Å²) in [6.45, 7) is 2.49. The summed E-state index contributed by atoms with van der Waals surface area (Å²) < 4.78 is 0. The van der Waals surface area contributed by atoms with Gasteiger partial charge in [0.1, 0.15) is 11.9 Å². The van der Waals surface area contributed by atoms with Gasteiger partial charge >= 0.3 is 0 Å². The Hall–Kier alpha value is -2.29. The molecule has 0 aliphatic carbocycles. The van der Waals surface area contributed by atoms with Gasteiger partial charge < -0.3 is 15.0 Å². The minimum Gasteiger partial charge on any atom is -0.381 e. The Morgan fingerprint density at radius 2 is 1.90 bits per heavy atom. The smallest absolute Gasteiger partial charge is 0.111 e. The molecule has 0 saturated heterocycles. The van der Waals surface area contributed by atoms with Crippen LogP contribution >= 0.6 is 0 Å². The number of H-pyrrole nitrogens is 1. The first kappa shape index (κ1) is 15.1.